The summed E-state index contributed by atoms with van der Waals surface area (Å²) >= 11 is 0. The van der Waals surface area contributed by atoms with Crippen molar-refractivity contribution in [1.29, 1.82) is 0 Å². The molecule has 3 atom stereocenters. The normalized spacial score (nSPS) is 22.9. The van der Waals surface area contributed by atoms with Gasteiger partial charge in [-0.1, -0.05) is 45.0 Å². The average molecular weight is 431 g/mol. The van der Waals surface area contributed by atoms with E-state index in [1.807, 2.05) is 6.92 Å². The fraction of sp³-hybridized carbons (Fsp3) is 0.700. The van der Waals surface area contributed by atoms with E-state index in [1.165, 1.54) is 5.56 Å². The Labute approximate surface area is 170 Å². The van der Waals surface area contributed by atoms with Gasteiger partial charge in [-0.25, -0.2) is 21.6 Å². The van der Waals surface area contributed by atoms with Gasteiger partial charge in [0.25, 0.3) is 0 Å². The van der Waals surface area contributed by atoms with Gasteiger partial charge in [-0.15, -0.1) is 0 Å². The van der Waals surface area contributed by atoms with Crippen LogP contribution in [0.15, 0.2) is 24.3 Å². The molecule has 2 rings (SSSR count). The van der Waals surface area contributed by atoms with Crippen LogP contribution < -0.4 is 4.72 Å². The minimum Gasteiger partial charge on any atom is -0.213 e. The van der Waals surface area contributed by atoms with Crippen molar-refractivity contribution in [1.82, 2.24) is 9.03 Å². The fourth-order valence-electron chi connectivity index (χ4n) is 3.84. The van der Waals surface area contributed by atoms with Crippen LogP contribution in [-0.4, -0.2) is 51.3 Å². The standard InChI is InChI=1S/C20H34N2O4S2/c1-15(21-27(6,23)24)13-19-11-12-22(28(19,25)26)16(2)14-17-7-9-18(10-8-17)20(3,4)5/h7-10,15-16,19,21H,11-14H2,1-6H3. The molecule has 1 aromatic carbocycles. The first-order valence-corrected chi connectivity index (χ1v) is 13.2. The van der Waals surface area contributed by atoms with Crippen molar-refractivity contribution in [2.75, 3.05) is 12.8 Å². The second-order valence-corrected chi connectivity index (χ2v) is 13.0. The van der Waals surface area contributed by atoms with E-state index in [4.69, 9.17) is 0 Å². The van der Waals surface area contributed by atoms with Gasteiger partial charge in [0.05, 0.1) is 11.5 Å². The van der Waals surface area contributed by atoms with E-state index in [0.717, 1.165) is 11.8 Å². The smallest absolute Gasteiger partial charge is 0.213 e. The third-order valence-electron chi connectivity index (χ3n) is 5.29. The molecule has 6 nitrogen and oxygen atoms in total. The van der Waals surface area contributed by atoms with E-state index in [2.05, 4.69) is 49.8 Å². The molecule has 160 valence electrons. The lowest BCUT2D eigenvalue weighted by Crippen LogP contribution is -2.40. The summed E-state index contributed by atoms with van der Waals surface area (Å²) in [5.74, 6) is 0. The Kier molecular flexibility index (Phi) is 7.01. The van der Waals surface area contributed by atoms with Crippen LogP contribution in [0.1, 0.15) is 58.6 Å². The van der Waals surface area contributed by atoms with Crippen molar-refractivity contribution in [3.63, 3.8) is 0 Å². The molecule has 0 aromatic heterocycles. The highest BCUT2D eigenvalue weighted by Gasteiger charge is 2.41. The molecule has 1 aliphatic rings. The monoisotopic (exact) mass is 430 g/mol. The molecule has 0 radical (unpaired) electrons. The van der Waals surface area contributed by atoms with E-state index in [-0.39, 0.29) is 11.5 Å². The summed E-state index contributed by atoms with van der Waals surface area (Å²) in [5.41, 5.74) is 2.46. The Morgan fingerprint density at radius 2 is 1.75 bits per heavy atom. The third kappa shape index (κ3) is 6.02. The maximum atomic E-state index is 13.0. The number of sulfonamides is 2. The van der Waals surface area contributed by atoms with Crippen molar-refractivity contribution >= 4 is 20.0 Å². The summed E-state index contributed by atoms with van der Waals surface area (Å²) < 4.78 is 52.7. The number of benzene rings is 1. The maximum absolute atomic E-state index is 13.0. The lowest BCUT2D eigenvalue weighted by Gasteiger charge is -2.25. The van der Waals surface area contributed by atoms with Gasteiger partial charge in [-0.2, -0.15) is 4.31 Å². The largest absolute Gasteiger partial charge is 0.217 e. The molecule has 1 saturated heterocycles. The lowest BCUT2D eigenvalue weighted by molar-refractivity contribution is 0.358. The van der Waals surface area contributed by atoms with Crippen LogP contribution in [0.4, 0.5) is 0 Å². The lowest BCUT2D eigenvalue weighted by atomic mass is 9.86. The van der Waals surface area contributed by atoms with Gasteiger partial charge in [0.1, 0.15) is 0 Å². The highest BCUT2D eigenvalue weighted by atomic mass is 32.2. The molecule has 0 saturated carbocycles. The van der Waals surface area contributed by atoms with Crippen LogP contribution in [0.25, 0.3) is 0 Å². The van der Waals surface area contributed by atoms with Gasteiger partial charge < -0.3 is 0 Å². The second kappa shape index (κ2) is 8.42. The summed E-state index contributed by atoms with van der Waals surface area (Å²) in [6.45, 7) is 10.6. The van der Waals surface area contributed by atoms with Crippen LogP contribution >= 0.6 is 0 Å². The summed E-state index contributed by atoms with van der Waals surface area (Å²) in [5, 5.41) is -0.539. The zero-order valence-corrected chi connectivity index (χ0v) is 19.4. The van der Waals surface area contributed by atoms with Gasteiger partial charge >= 0.3 is 0 Å². The first kappa shape index (κ1) is 23.3. The molecule has 1 N–H and O–H groups in total. The Morgan fingerprint density at radius 3 is 2.25 bits per heavy atom. The topological polar surface area (TPSA) is 83.6 Å². The first-order chi connectivity index (χ1) is 12.7. The Bertz CT molecular complexity index is 872. The Morgan fingerprint density at radius 1 is 1.18 bits per heavy atom. The van der Waals surface area contributed by atoms with E-state index in [0.29, 0.717) is 25.8 Å². The van der Waals surface area contributed by atoms with E-state index in [9.17, 15) is 16.8 Å². The number of nitrogens with one attached hydrogen (secondary N) is 1. The molecule has 8 heteroatoms. The van der Waals surface area contributed by atoms with Crippen molar-refractivity contribution < 1.29 is 16.8 Å². The molecular formula is C20H34N2O4S2. The molecule has 1 fully saturated rings. The molecule has 0 bridgehead atoms. The molecule has 3 unspecified atom stereocenters. The van der Waals surface area contributed by atoms with Gasteiger partial charge in [-0.3, -0.25) is 0 Å². The molecule has 28 heavy (non-hydrogen) atoms. The quantitative estimate of drug-likeness (QED) is 0.721. The minimum absolute atomic E-state index is 0.0896. The highest BCUT2D eigenvalue weighted by Crippen LogP contribution is 2.29. The minimum atomic E-state index is -3.43. The average Bonchev–Trinajstić information content (AvgIpc) is 2.79. The van der Waals surface area contributed by atoms with Crippen LogP contribution in [0.3, 0.4) is 0 Å². The highest BCUT2D eigenvalue weighted by molar-refractivity contribution is 7.90. The number of hydrogen-bond donors (Lipinski definition) is 1. The third-order valence-corrected chi connectivity index (χ3v) is 8.59. The number of nitrogens with zero attached hydrogens (tertiary/aromatic N) is 1. The van der Waals surface area contributed by atoms with Gasteiger partial charge in [-0.05, 0) is 49.7 Å². The van der Waals surface area contributed by atoms with Crippen LogP contribution in [0.5, 0.6) is 0 Å². The summed E-state index contributed by atoms with van der Waals surface area (Å²) in [7, 11) is -6.78. The van der Waals surface area contributed by atoms with Crippen molar-refractivity contribution in [2.45, 2.75) is 76.6 Å². The summed E-state index contributed by atoms with van der Waals surface area (Å²) in [6.07, 6.45) is 2.57. The molecule has 0 aliphatic carbocycles. The molecule has 1 aromatic rings. The SMILES string of the molecule is CC(CC1CCN(C(C)Cc2ccc(C(C)(C)C)cc2)S1(=O)=O)NS(C)(=O)=O. The Hall–Kier alpha value is -0.960. The van der Waals surface area contributed by atoms with Gasteiger partial charge in [0.15, 0.2) is 0 Å². The van der Waals surface area contributed by atoms with Crippen molar-refractivity contribution in [3.05, 3.63) is 35.4 Å². The first-order valence-electron chi connectivity index (χ1n) is 9.77. The van der Waals surface area contributed by atoms with E-state index < -0.39 is 31.3 Å². The zero-order chi connectivity index (χ0) is 21.3. The zero-order valence-electron chi connectivity index (χ0n) is 17.8. The molecule has 0 spiro atoms. The van der Waals surface area contributed by atoms with Crippen LogP contribution in [-0.2, 0) is 31.9 Å². The Balaban J connectivity index is 2.03. The van der Waals surface area contributed by atoms with E-state index in [1.54, 1.807) is 11.2 Å². The number of rotatable bonds is 7. The molecule has 1 aliphatic heterocycles. The fourth-order valence-corrected chi connectivity index (χ4v) is 6.92. The van der Waals surface area contributed by atoms with Crippen LogP contribution in [0.2, 0.25) is 0 Å². The van der Waals surface area contributed by atoms with Gasteiger partial charge in [0.2, 0.25) is 20.0 Å². The summed E-state index contributed by atoms with van der Waals surface area (Å²) in [6, 6.07) is 7.85. The predicted octanol–water partition coefficient (Wildman–Crippen LogP) is 2.65. The predicted molar refractivity (Wildman–Crippen MR) is 114 cm³/mol. The van der Waals surface area contributed by atoms with E-state index >= 15 is 0 Å². The summed E-state index contributed by atoms with van der Waals surface area (Å²) in [4.78, 5) is 0. The molecule has 0 amide bonds. The number of hydrogen-bond acceptors (Lipinski definition) is 4. The molecular weight excluding hydrogens is 396 g/mol. The van der Waals surface area contributed by atoms with Gasteiger partial charge in [0, 0.05) is 18.6 Å². The second-order valence-electron chi connectivity index (χ2n) is 9.09. The maximum Gasteiger partial charge on any atom is 0.217 e. The van der Waals surface area contributed by atoms with Crippen LogP contribution in [0, 0.1) is 0 Å². The van der Waals surface area contributed by atoms with Crippen molar-refractivity contribution in [2.24, 2.45) is 0 Å². The molecule has 1 heterocycles. The van der Waals surface area contributed by atoms with Crippen molar-refractivity contribution in [3.8, 4) is 0 Å².